The normalized spacial score (nSPS) is 12.4. The van der Waals surface area contributed by atoms with Gasteiger partial charge in [0.25, 0.3) is 0 Å². The Labute approximate surface area is 737 Å². The Balaban J connectivity index is 0.000000107. The van der Waals surface area contributed by atoms with Crippen molar-refractivity contribution in [1.82, 2.24) is 0 Å². The van der Waals surface area contributed by atoms with Gasteiger partial charge < -0.3 is 0 Å². The fraction of sp³-hybridized carbons (Fsp3) is 0.0236. The summed E-state index contributed by atoms with van der Waals surface area (Å²) in [6.45, 7) is 4.79. The van der Waals surface area contributed by atoms with Crippen molar-refractivity contribution in [2.75, 3.05) is 0 Å². The molecule has 0 saturated carbocycles. The first-order chi connectivity index (χ1) is 62.7. The predicted octanol–water partition coefficient (Wildman–Crippen LogP) is 35.7. The lowest BCUT2D eigenvalue weighted by Gasteiger charge is -2.23. The zero-order valence-corrected chi connectivity index (χ0v) is 70.4. The fourth-order valence-electron chi connectivity index (χ4n) is 21.8. The van der Waals surface area contributed by atoms with Crippen molar-refractivity contribution in [1.29, 1.82) is 0 Å². The fourth-order valence-corrected chi connectivity index (χ4v) is 21.8. The highest BCUT2D eigenvalue weighted by atomic mass is 14.4. The van der Waals surface area contributed by atoms with Gasteiger partial charge in [-0.3, -0.25) is 0 Å². The van der Waals surface area contributed by atoms with E-state index in [-0.39, 0.29) is 5.41 Å². The van der Waals surface area contributed by atoms with E-state index in [2.05, 4.69) is 475 Å². The first kappa shape index (κ1) is 73.6. The number of fused-ring (bicyclic) bond motifs is 11. The van der Waals surface area contributed by atoms with Gasteiger partial charge in [0, 0.05) is 5.41 Å². The molecule has 127 heavy (non-hydrogen) atoms. The molecule has 0 radical (unpaired) electrons. The lowest BCUT2D eigenvalue weighted by molar-refractivity contribution is 0.661. The standard InChI is InChI=1S/C53H34.C40H26.C34H22/c1-53(2)47-29-39(31-9-11-32(12-10-31)41-23-17-37-15-13-33-5-3-7-35-19-27-45(41)51(37)49(33)35)21-25-43(47)44-26-22-40(30-48(44)53)42-24-18-38-16-14-34-6-4-8-36-20-28-46(42)52(38)50(34)36;1-2-12-31-26-32(25-22-27(31)10-1)28-20-23-30(24-21-28)39-35-15-5-7-17-37(35)40(38-18-8-6-16-36(38)39)34-19-9-13-29-11-3-4-14-33(29)34;1-2-12-25-22-26(21-20-23(25)10-1)33-29-15-5-7-17-31(29)34(32-18-8-6-16-30(32)33)28-19-9-13-24-11-3-4-14-27(24)28/h3-30H,1-2H3;1-26H;1-22H. The molecule has 27 rings (SSSR count). The van der Waals surface area contributed by atoms with Crippen LogP contribution in [-0.2, 0) is 5.41 Å². The van der Waals surface area contributed by atoms with Crippen LogP contribution < -0.4 is 0 Å². The number of benzene rings is 26. The lowest BCUT2D eigenvalue weighted by atomic mass is 9.80. The van der Waals surface area contributed by atoms with Crippen molar-refractivity contribution in [3.8, 4) is 100 Å². The van der Waals surface area contributed by atoms with Crippen LogP contribution in [0.25, 0.3) is 251 Å². The molecule has 0 fully saturated rings. The smallest absolute Gasteiger partial charge is 0.0159 e. The van der Waals surface area contributed by atoms with Crippen LogP contribution in [-0.4, -0.2) is 0 Å². The van der Waals surface area contributed by atoms with Crippen molar-refractivity contribution in [2.24, 2.45) is 0 Å². The molecule has 1 aliphatic rings. The first-order valence-electron chi connectivity index (χ1n) is 44.4. The highest BCUT2D eigenvalue weighted by Crippen LogP contribution is 2.54. The molecule has 0 bridgehead atoms. The van der Waals surface area contributed by atoms with Crippen molar-refractivity contribution in [3.05, 3.63) is 472 Å². The van der Waals surface area contributed by atoms with Crippen LogP contribution in [0.1, 0.15) is 25.0 Å². The summed E-state index contributed by atoms with van der Waals surface area (Å²) in [5.74, 6) is 0. The minimum absolute atomic E-state index is 0.123. The number of rotatable bonds is 8. The molecule has 26 aromatic rings. The second kappa shape index (κ2) is 29.6. The van der Waals surface area contributed by atoms with Crippen LogP contribution in [0.5, 0.6) is 0 Å². The van der Waals surface area contributed by atoms with E-state index in [0.29, 0.717) is 0 Å². The molecule has 0 heterocycles. The summed E-state index contributed by atoms with van der Waals surface area (Å²) in [7, 11) is 0. The Kier molecular flexibility index (Phi) is 17.1. The average molecular weight is 1610 g/mol. The van der Waals surface area contributed by atoms with Crippen molar-refractivity contribution in [3.63, 3.8) is 0 Å². The Hall–Kier alpha value is -16.1. The maximum atomic E-state index is 2.46. The van der Waals surface area contributed by atoms with Crippen LogP contribution >= 0.6 is 0 Å². The van der Waals surface area contributed by atoms with E-state index < -0.39 is 0 Å². The average Bonchev–Trinajstić information content (AvgIpc) is 1.70. The van der Waals surface area contributed by atoms with Gasteiger partial charge in [0.2, 0.25) is 0 Å². The largest absolute Gasteiger partial charge is 0.0616 e. The van der Waals surface area contributed by atoms with Crippen LogP contribution in [0.4, 0.5) is 0 Å². The van der Waals surface area contributed by atoms with Crippen LogP contribution in [0.15, 0.2) is 461 Å². The molecule has 0 nitrogen and oxygen atoms in total. The summed E-state index contributed by atoms with van der Waals surface area (Å²) in [4.78, 5) is 0. The third-order valence-electron chi connectivity index (χ3n) is 27.8. The zero-order chi connectivity index (χ0) is 84.0. The molecule has 0 saturated heterocycles. The van der Waals surface area contributed by atoms with Crippen LogP contribution in [0.3, 0.4) is 0 Å². The molecule has 26 aromatic carbocycles. The van der Waals surface area contributed by atoms with Gasteiger partial charge in [-0.2, -0.15) is 0 Å². The summed E-state index contributed by atoms with van der Waals surface area (Å²) in [6, 6.07) is 170. The molecular weight excluding hydrogens is 1530 g/mol. The third kappa shape index (κ3) is 12.0. The van der Waals surface area contributed by atoms with E-state index in [0.717, 1.165) is 0 Å². The van der Waals surface area contributed by atoms with Gasteiger partial charge in [-0.25, -0.2) is 0 Å². The van der Waals surface area contributed by atoms with Gasteiger partial charge in [-0.05, 0) is 286 Å². The van der Waals surface area contributed by atoms with E-state index in [4.69, 9.17) is 0 Å². The third-order valence-corrected chi connectivity index (χ3v) is 27.8. The minimum Gasteiger partial charge on any atom is -0.0616 e. The van der Waals surface area contributed by atoms with E-state index in [1.54, 1.807) is 0 Å². The van der Waals surface area contributed by atoms with Crippen molar-refractivity contribution >= 4 is 151 Å². The Morgan fingerprint density at radius 3 is 0.835 bits per heavy atom. The molecule has 0 amide bonds. The van der Waals surface area contributed by atoms with Crippen molar-refractivity contribution in [2.45, 2.75) is 19.3 Å². The first-order valence-corrected chi connectivity index (χ1v) is 44.4. The zero-order valence-electron chi connectivity index (χ0n) is 70.4. The highest BCUT2D eigenvalue weighted by molar-refractivity contribution is 6.29. The second-order valence-electron chi connectivity index (χ2n) is 35.1. The number of hydrogen-bond donors (Lipinski definition) is 0. The van der Waals surface area contributed by atoms with Gasteiger partial charge in [0.15, 0.2) is 0 Å². The lowest BCUT2D eigenvalue weighted by Crippen LogP contribution is -2.15. The van der Waals surface area contributed by atoms with Gasteiger partial charge in [-0.15, -0.1) is 0 Å². The van der Waals surface area contributed by atoms with Gasteiger partial charge in [0.1, 0.15) is 0 Å². The summed E-state index contributed by atoms with van der Waals surface area (Å²) in [5.41, 5.74) is 25.8. The maximum Gasteiger partial charge on any atom is 0.0159 e. The Morgan fingerprint density at radius 1 is 0.126 bits per heavy atom. The molecule has 0 heteroatoms. The molecule has 0 N–H and O–H groups in total. The summed E-state index contributed by atoms with van der Waals surface area (Å²) in [5, 5.41) is 36.4. The van der Waals surface area contributed by atoms with Gasteiger partial charge >= 0.3 is 0 Å². The van der Waals surface area contributed by atoms with E-state index in [1.807, 2.05) is 0 Å². The molecule has 1 aliphatic carbocycles. The minimum atomic E-state index is -0.123. The molecule has 0 aromatic heterocycles. The molecule has 590 valence electrons. The maximum absolute atomic E-state index is 2.46. The van der Waals surface area contributed by atoms with E-state index in [9.17, 15) is 0 Å². The molecular formula is C127H82. The van der Waals surface area contributed by atoms with Crippen molar-refractivity contribution < 1.29 is 0 Å². The Bertz CT molecular complexity index is 8810. The predicted molar refractivity (Wildman–Crippen MR) is 548 cm³/mol. The highest BCUT2D eigenvalue weighted by Gasteiger charge is 2.36. The van der Waals surface area contributed by atoms with Gasteiger partial charge in [0.05, 0.1) is 0 Å². The quantitative estimate of drug-likeness (QED) is 0.105. The summed E-state index contributed by atoms with van der Waals surface area (Å²) < 4.78 is 0. The Morgan fingerprint density at radius 2 is 0.386 bits per heavy atom. The van der Waals surface area contributed by atoms with Crippen LogP contribution in [0.2, 0.25) is 0 Å². The second-order valence-corrected chi connectivity index (χ2v) is 35.1. The van der Waals surface area contributed by atoms with Gasteiger partial charge in [-0.1, -0.05) is 451 Å². The summed E-state index contributed by atoms with van der Waals surface area (Å²) >= 11 is 0. The molecule has 0 spiro atoms. The molecule has 0 aliphatic heterocycles. The topological polar surface area (TPSA) is 0 Å². The van der Waals surface area contributed by atoms with Crippen LogP contribution in [0, 0.1) is 0 Å². The summed E-state index contributed by atoms with van der Waals surface area (Å²) in [6.07, 6.45) is 0. The SMILES string of the molecule is CC1(C)c2cc(-c3ccc(-c4ccc5ccc6cccc7ccc4c5c67)cc3)ccc2-c2ccc(-c3ccc4ccc5cccc6ccc3c4c56)cc21.c1ccc2cc(-c3c4ccccc4c(-c4cccc5ccccc45)c4ccccc34)ccc2c1.c1ccc2cc(-c3ccc(-c4c5ccccc5c(-c5cccc6ccccc56)c5ccccc45)cc3)ccc2c1. The monoisotopic (exact) mass is 1610 g/mol. The molecule has 0 atom stereocenters. The molecule has 0 unspecified atom stereocenters. The van der Waals surface area contributed by atoms with E-state index in [1.165, 1.54) is 262 Å². The number of hydrogen-bond acceptors (Lipinski definition) is 0. The van der Waals surface area contributed by atoms with E-state index >= 15 is 0 Å².